The first-order valence-corrected chi connectivity index (χ1v) is 9.37. The maximum atomic E-state index is 12.7. The van der Waals surface area contributed by atoms with Crippen LogP contribution in [0, 0.1) is 0 Å². The van der Waals surface area contributed by atoms with Crippen LogP contribution in [-0.4, -0.2) is 41.8 Å². The molecule has 4 aromatic rings. The zero-order chi connectivity index (χ0) is 21.8. The van der Waals surface area contributed by atoms with Gasteiger partial charge in [-0.25, -0.2) is 4.98 Å². The molecule has 0 aliphatic heterocycles. The lowest BCUT2D eigenvalue weighted by Gasteiger charge is -2.11. The molecule has 31 heavy (non-hydrogen) atoms. The number of hydrogen-bond donors (Lipinski definition) is 2. The summed E-state index contributed by atoms with van der Waals surface area (Å²) >= 11 is 0. The lowest BCUT2D eigenvalue weighted by Crippen LogP contribution is -2.15. The molecule has 3 heterocycles. The van der Waals surface area contributed by atoms with Crippen molar-refractivity contribution in [1.29, 1.82) is 0 Å². The highest BCUT2D eigenvalue weighted by molar-refractivity contribution is 6.06. The Morgan fingerprint density at radius 2 is 1.84 bits per heavy atom. The van der Waals surface area contributed by atoms with E-state index in [0.29, 0.717) is 28.6 Å². The lowest BCUT2D eigenvalue weighted by atomic mass is 10.2. The zero-order valence-corrected chi connectivity index (χ0v) is 16.7. The fourth-order valence-corrected chi connectivity index (χ4v) is 2.82. The van der Waals surface area contributed by atoms with Gasteiger partial charge in [-0.2, -0.15) is 0 Å². The van der Waals surface area contributed by atoms with Crippen molar-refractivity contribution in [3.8, 4) is 11.5 Å². The second kappa shape index (κ2) is 8.53. The van der Waals surface area contributed by atoms with E-state index in [1.165, 1.54) is 6.07 Å². The van der Waals surface area contributed by atoms with Gasteiger partial charge >= 0.3 is 11.8 Å². The largest absolute Gasteiger partial charge is 0.420 e. The third-order valence-electron chi connectivity index (χ3n) is 4.29. The fraction of sp³-hybridized carbons (Fsp3) is 0.150. The molecular formula is C20H18N8O3. The molecule has 0 bridgehead atoms. The molecule has 0 aliphatic rings. The van der Waals surface area contributed by atoms with Crippen LogP contribution in [0.5, 0.6) is 0 Å². The van der Waals surface area contributed by atoms with E-state index >= 15 is 0 Å². The predicted molar refractivity (Wildman–Crippen MR) is 110 cm³/mol. The van der Waals surface area contributed by atoms with Crippen molar-refractivity contribution in [2.75, 3.05) is 10.6 Å². The van der Waals surface area contributed by atoms with Gasteiger partial charge in [0.1, 0.15) is 17.8 Å². The van der Waals surface area contributed by atoms with Crippen LogP contribution in [0.3, 0.4) is 0 Å². The molecule has 0 fully saturated rings. The van der Waals surface area contributed by atoms with Crippen LogP contribution < -0.4 is 10.6 Å². The van der Waals surface area contributed by atoms with Crippen LogP contribution in [0.4, 0.5) is 11.5 Å². The summed E-state index contributed by atoms with van der Waals surface area (Å²) in [5.74, 6) is -0.161. The number of pyridine rings is 1. The quantitative estimate of drug-likeness (QED) is 0.487. The Labute approximate surface area is 176 Å². The molecule has 0 atom stereocenters. The van der Waals surface area contributed by atoms with Crippen LogP contribution in [0.2, 0.25) is 0 Å². The monoisotopic (exact) mass is 418 g/mol. The number of hydrogen-bond acceptors (Lipinski definition) is 8. The van der Waals surface area contributed by atoms with Crippen LogP contribution in [0.25, 0.3) is 11.5 Å². The van der Waals surface area contributed by atoms with Gasteiger partial charge in [-0.15, -0.1) is 20.4 Å². The summed E-state index contributed by atoms with van der Waals surface area (Å²) in [7, 11) is 0. The van der Waals surface area contributed by atoms with Crippen molar-refractivity contribution in [3.05, 3.63) is 66.6 Å². The highest BCUT2D eigenvalue weighted by Crippen LogP contribution is 2.20. The van der Waals surface area contributed by atoms with Crippen LogP contribution in [0.1, 0.15) is 40.9 Å². The summed E-state index contributed by atoms with van der Waals surface area (Å²) in [6.45, 7) is 4.03. The Balaban J connectivity index is 1.50. The predicted octanol–water partition coefficient (Wildman–Crippen LogP) is 2.81. The van der Waals surface area contributed by atoms with Crippen molar-refractivity contribution >= 4 is 23.3 Å². The molecule has 0 radical (unpaired) electrons. The molecule has 0 spiro atoms. The smallest absolute Gasteiger partial charge is 0.313 e. The standard InChI is InChI=1S/C20H18N8O3/c1-12(2)28-10-21-26-17(28)15-7-4-8-16(24-15)25-18(29)13-5-3-6-14(9-13)23-19(30)20-27-22-11-31-20/h3-12H,1-2H3,(H,23,30)(H,24,25,29). The molecule has 11 nitrogen and oxygen atoms in total. The van der Waals surface area contributed by atoms with E-state index in [1.54, 1.807) is 42.7 Å². The van der Waals surface area contributed by atoms with Crippen molar-refractivity contribution in [3.63, 3.8) is 0 Å². The van der Waals surface area contributed by atoms with Gasteiger partial charge in [0.25, 0.3) is 5.91 Å². The van der Waals surface area contributed by atoms with Crippen LogP contribution in [-0.2, 0) is 0 Å². The second-order valence-corrected chi connectivity index (χ2v) is 6.80. The highest BCUT2D eigenvalue weighted by Gasteiger charge is 2.15. The van der Waals surface area contributed by atoms with Crippen molar-refractivity contribution in [1.82, 2.24) is 29.9 Å². The normalized spacial score (nSPS) is 10.8. The van der Waals surface area contributed by atoms with E-state index in [9.17, 15) is 9.59 Å². The van der Waals surface area contributed by atoms with E-state index in [-0.39, 0.29) is 17.8 Å². The molecule has 0 saturated heterocycles. The number of nitrogens with zero attached hydrogens (tertiary/aromatic N) is 6. The summed E-state index contributed by atoms with van der Waals surface area (Å²) in [6.07, 6.45) is 2.70. The zero-order valence-electron chi connectivity index (χ0n) is 16.7. The average Bonchev–Trinajstić information content (AvgIpc) is 3.46. The Hall–Kier alpha value is -4.41. The maximum absolute atomic E-state index is 12.7. The first-order valence-electron chi connectivity index (χ1n) is 9.37. The van der Waals surface area contributed by atoms with Gasteiger partial charge in [-0.1, -0.05) is 12.1 Å². The van der Waals surface area contributed by atoms with Gasteiger partial charge < -0.3 is 19.6 Å². The lowest BCUT2D eigenvalue weighted by molar-refractivity contribution is 0.0987. The van der Waals surface area contributed by atoms with E-state index in [4.69, 9.17) is 4.42 Å². The van der Waals surface area contributed by atoms with Crippen LogP contribution >= 0.6 is 0 Å². The van der Waals surface area contributed by atoms with Gasteiger partial charge in [-0.3, -0.25) is 9.59 Å². The summed E-state index contributed by atoms with van der Waals surface area (Å²) in [4.78, 5) is 29.2. The molecule has 0 unspecified atom stereocenters. The summed E-state index contributed by atoms with van der Waals surface area (Å²) in [5.41, 5.74) is 1.33. The van der Waals surface area contributed by atoms with Gasteiger partial charge in [0.2, 0.25) is 6.39 Å². The fourth-order valence-electron chi connectivity index (χ4n) is 2.82. The number of benzene rings is 1. The summed E-state index contributed by atoms with van der Waals surface area (Å²) in [6, 6.07) is 11.9. The van der Waals surface area contributed by atoms with Gasteiger partial charge in [0.05, 0.1) is 0 Å². The first kappa shape index (κ1) is 19.9. The van der Waals surface area contributed by atoms with Crippen molar-refractivity contribution in [2.45, 2.75) is 19.9 Å². The minimum absolute atomic E-state index is 0.162. The molecule has 0 aliphatic carbocycles. The SMILES string of the molecule is CC(C)n1cnnc1-c1cccc(NC(=O)c2cccc(NC(=O)c3nnco3)c2)n1. The van der Waals surface area contributed by atoms with E-state index in [0.717, 1.165) is 6.39 Å². The molecule has 2 amide bonds. The molecule has 11 heteroatoms. The molecule has 1 aromatic carbocycles. The number of aromatic nitrogens is 6. The Morgan fingerprint density at radius 1 is 1.00 bits per heavy atom. The summed E-state index contributed by atoms with van der Waals surface area (Å²) in [5, 5.41) is 20.4. The minimum Gasteiger partial charge on any atom is -0.420 e. The summed E-state index contributed by atoms with van der Waals surface area (Å²) < 4.78 is 6.75. The number of rotatable bonds is 6. The van der Waals surface area contributed by atoms with E-state index in [1.807, 2.05) is 18.4 Å². The van der Waals surface area contributed by atoms with Gasteiger partial charge in [-0.05, 0) is 44.2 Å². The third-order valence-corrected chi connectivity index (χ3v) is 4.29. The topological polar surface area (TPSA) is 141 Å². The average molecular weight is 418 g/mol. The van der Waals surface area contributed by atoms with Crippen molar-refractivity contribution in [2.24, 2.45) is 0 Å². The minimum atomic E-state index is -0.571. The number of amides is 2. The molecule has 3 aromatic heterocycles. The molecule has 0 saturated carbocycles. The Morgan fingerprint density at radius 3 is 2.61 bits per heavy atom. The van der Waals surface area contributed by atoms with E-state index in [2.05, 4.69) is 36.0 Å². The Bertz CT molecular complexity index is 1220. The third kappa shape index (κ3) is 4.45. The van der Waals surface area contributed by atoms with E-state index < -0.39 is 5.91 Å². The van der Waals surface area contributed by atoms with Gasteiger partial charge in [0, 0.05) is 17.3 Å². The first-order chi connectivity index (χ1) is 15.0. The van der Waals surface area contributed by atoms with Gasteiger partial charge in [0.15, 0.2) is 5.82 Å². The molecular weight excluding hydrogens is 400 g/mol. The molecule has 156 valence electrons. The number of carbonyl (C=O) groups excluding carboxylic acids is 2. The van der Waals surface area contributed by atoms with Crippen molar-refractivity contribution < 1.29 is 14.0 Å². The second-order valence-electron chi connectivity index (χ2n) is 6.80. The molecule has 2 N–H and O–H groups in total. The Kier molecular flexibility index (Phi) is 5.47. The molecule has 4 rings (SSSR count). The number of anilines is 2. The maximum Gasteiger partial charge on any atom is 0.313 e. The highest BCUT2D eigenvalue weighted by atomic mass is 16.4. The number of nitrogens with one attached hydrogen (secondary N) is 2. The van der Waals surface area contributed by atoms with Crippen LogP contribution in [0.15, 0.2) is 59.6 Å². The number of carbonyl (C=O) groups is 2.